The van der Waals surface area contributed by atoms with Crippen LogP contribution < -0.4 is 4.74 Å². The standard InChI is InChI=1S/C15H10F3NO/c16-15(17,18)14-8-13(7-6-12(14)9-19)20-10-11-4-2-1-3-5-11/h1-8H,10H2. The zero-order valence-electron chi connectivity index (χ0n) is 10.3. The average Bonchev–Trinajstić information content (AvgIpc) is 2.45. The molecule has 0 amide bonds. The largest absolute Gasteiger partial charge is 0.489 e. The summed E-state index contributed by atoms with van der Waals surface area (Å²) in [7, 11) is 0. The van der Waals surface area contributed by atoms with Gasteiger partial charge in [-0.15, -0.1) is 0 Å². The number of hydrogen-bond donors (Lipinski definition) is 0. The molecule has 0 unspecified atom stereocenters. The lowest BCUT2D eigenvalue weighted by Crippen LogP contribution is -2.08. The lowest BCUT2D eigenvalue weighted by atomic mass is 10.1. The van der Waals surface area contributed by atoms with E-state index in [-0.39, 0.29) is 12.4 Å². The molecule has 0 N–H and O–H groups in total. The molecule has 0 aliphatic heterocycles. The minimum atomic E-state index is -4.57. The van der Waals surface area contributed by atoms with Crippen molar-refractivity contribution in [3.05, 3.63) is 65.2 Å². The van der Waals surface area contributed by atoms with E-state index in [0.29, 0.717) is 0 Å². The quantitative estimate of drug-likeness (QED) is 0.844. The Morgan fingerprint density at radius 2 is 1.75 bits per heavy atom. The fourth-order valence-electron chi connectivity index (χ4n) is 1.69. The first-order valence-electron chi connectivity index (χ1n) is 5.79. The first-order chi connectivity index (χ1) is 9.50. The second-order valence-electron chi connectivity index (χ2n) is 4.09. The highest BCUT2D eigenvalue weighted by molar-refractivity contribution is 5.44. The molecule has 0 aromatic heterocycles. The molecule has 2 rings (SSSR count). The summed E-state index contributed by atoms with van der Waals surface area (Å²) >= 11 is 0. The molecular weight excluding hydrogens is 267 g/mol. The predicted molar refractivity (Wildman–Crippen MR) is 66.9 cm³/mol. The van der Waals surface area contributed by atoms with E-state index in [4.69, 9.17) is 10.00 Å². The lowest BCUT2D eigenvalue weighted by Gasteiger charge is -2.11. The average molecular weight is 277 g/mol. The molecule has 2 aromatic carbocycles. The topological polar surface area (TPSA) is 33.0 Å². The van der Waals surface area contributed by atoms with Crippen molar-refractivity contribution in [2.24, 2.45) is 0 Å². The first-order valence-corrected chi connectivity index (χ1v) is 5.79. The number of halogens is 3. The van der Waals surface area contributed by atoms with Gasteiger partial charge in [0.1, 0.15) is 12.4 Å². The number of nitriles is 1. The van der Waals surface area contributed by atoms with Crippen LogP contribution in [0.1, 0.15) is 16.7 Å². The molecule has 0 radical (unpaired) electrons. The molecule has 0 aliphatic carbocycles. The second-order valence-corrected chi connectivity index (χ2v) is 4.09. The normalized spacial score (nSPS) is 10.9. The molecule has 2 nitrogen and oxygen atoms in total. The zero-order chi connectivity index (χ0) is 14.6. The smallest absolute Gasteiger partial charge is 0.417 e. The molecule has 0 spiro atoms. The molecule has 0 atom stereocenters. The van der Waals surface area contributed by atoms with Crippen LogP contribution in [-0.4, -0.2) is 0 Å². The van der Waals surface area contributed by atoms with Gasteiger partial charge < -0.3 is 4.74 Å². The van der Waals surface area contributed by atoms with Gasteiger partial charge >= 0.3 is 6.18 Å². The van der Waals surface area contributed by atoms with Crippen molar-refractivity contribution in [1.82, 2.24) is 0 Å². The highest BCUT2D eigenvalue weighted by Gasteiger charge is 2.34. The van der Waals surface area contributed by atoms with Crippen molar-refractivity contribution < 1.29 is 17.9 Å². The molecule has 0 saturated heterocycles. The maximum atomic E-state index is 12.8. The molecule has 2 aromatic rings. The summed E-state index contributed by atoms with van der Waals surface area (Å²) in [6.45, 7) is 0.171. The molecule has 20 heavy (non-hydrogen) atoms. The van der Waals surface area contributed by atoms with Gasteiger partial charge in [-0.1, -0.05) is 30.3 Å². The van der Waals surface area contributed by atoms with Gasteiger partial charge in [0.2, 0.25) is 0 Å². The summed E-state index contributed by atoms with van der Waals surface area (Å²) in [6.07, 6.45) is -4.57. The van der Waals surface area contributed by atoms with Gasteiger partial charge in [-0.3, -0.25) is 0 Å². The molecule has 0 fully saturated rings. The third-order valence-corrected chi connectivity index (χ3v) is 2.67. The van der Waals surface area contributed by atoms with E-state index in [0.717, 1.165) is 17.7 Å². The Bertz CT molecular complexity index is 630. The van der Waals surface area contributed by atoms with Gasteiger partial charge in [-0.2, -0.15) is 18.4 Å². The number of nitrogens with zero attached hydrogens (tertiary/aromatic N) is 1. The molecule has 0 saturated carbocycles. The highest BCUT2D eigenvalue weighted by Crippen LogP contribution is 2.34. The number of rotatable bonds is 3. The summed E-state index contributed by atoms with van der Waals surface area (Å²) in [6, 6.07) is 14.0. The van der Waals surface area contributed by atoms with E-state index in [2.05, 4.69) is 0 Å². The Morgan fingerprint density at radius 3 is 2.35 bits per heavy atom. The molecule has 102 valence electrons. The summed E-state index contributed by atoms with van der Waals surface area (Å²) in [5, 5.41) is 8.69. The minimum Gasteiger partial charge on any atom is -0.489 e. The maximum absolute atomic E-state index is 12.8. The van der Waals surface area contributed by atoms with Crippen LogP contribution in [0.5, 0.6) is 5.75 Å². The maximum Gasteiger partial charge on any atom is 0.417 e. The molecule has 0 bridgehead atoms. The molecular formula is C15H10F3NO. The Morgan fingerprint density at radius 1 is 1.05 bits per heavy atom. The van der Waals surface area contributed by atoms with Gasteiger partial charge in [-0.25, -0.2) is 0 Å². The molecule has 5 heteroatoms. The first kappa shape index (κ1) is 13.9. The lowest BCUT2D eigenvalue weighted by molar-refractivity contribution is -0.137. The minimum absolute atomic E-state index is 0.0835. The summed E-state index contributed by atoms with van der Waals surface area (Å²) in [5.74, 6) is 0.0835. The van der Waals surface area contributed by atoms with Gasteiger partial charge in [0.05, 0.1) is 17.2 Å². The highest BCUT2D eigenvalue weighted by atomic mass is 19.4. The van der Waals surface area contributed by atoms with E-state index < -0.39 is 17.3 Å². The third kappa shape index (κ3) is 3.29. The van der Waals surface area contributed by atoms with E-state index in [1.807, 2.05) is 30.3 Å². The van der Waals surface area contributed by atoms with E-state index in [1.54, 1.807) is 0 Å². The van der Waals surface area contributed by atoms with Gasteiger partial charge in [0, 0.05) is 0 Å². The Hall–Kier alpha value is -2.48. The molecule has 0 heterocycles. The van der Waals surface area contributed by atoms with Gasteiger partial charge in [-0.05, 0) is 23.8 Å². The predicted octanol–water partition coefficient (Wildman–Crippen LogP) is 4.16. The van der Waals surface area contributed by atoms with Crippen LogP contribution in [0.2, 0.25) is 0 Å². The molecule has 0 aliphatic rings. The van der Waals surface area contributed by atoms with Crippen molar-refractivity contribution in [2.45, 2.75) is 12.8 Å². The van der Waals surface area contributed by atoms with Crippen LogP contribution in [-0.2, 0) is 12.8 Å². The van der Waals surface area contributed by atoms with Gasteiger partial charge in [0.15, 0.2) is 0 Å². The second kappa shape index (κ2) is 5.66. The van der Waals surface area contributed by atoms with E-state index in [9.17, 15) is 13.2 Å². The van der Waals surface area contributed by atoms with Crippen molar-refractivity contribution in [2.75, 3.05) is 0 Å². The van der Waals surface area contributed by atoms with Crippen molar-refractivity contribution in [3.63, 3.8) is 0 Å². The fraction of sp³-hybridized carbons (Fsp3) is 0.133. The number of benzene rings is 2. The zero-order valence-corrected chi connectivity index (χ0v) is 10.3. The van der Waals surface area contributed by atoms with Crippen LogP contribution in [0.15, 0.2) is 48.5 Å². The van der Waals surface area contributed by atoms with Crippen LogP contribution in [0.25, 0.3) is 0 Å². The van der Waals surface area contributed by atoms with E-state index >= 15 is 0 Å². The van der Waals surface area contributed by atoms with Crippen LogP contribution >= 0.6 is 0 Å². The Kier molecular flexibility index (Phi) is 3.94. The number of alkyl halides is 3. The van der Waals surface area contributed by atoms with Crippen molar-refractivity contribution in [3.8, 4) is 11.8 Å². The van der Waals surface area contributed by atoms with Crippen molar-refractivity contribution >= 4 is 0 Å². The number of ether oxygens (including phenoxy) is 1. The van der Waals surface area contributed by atoms with Crippen LogP contribution in [0.3, 0.4) is 0 Å². The van der Waals surface area contributed by atoms with Crippen molar-refractivity contribution in [1.29, 1.82) is 5.26 Å². The summed E-state index contributed by atoms with van der Waals surface area (Å²) in [5.41, 5.74) is -0.541. The SMILES string of the molecule is N#Cc1ccc(OCc2ccccc2)cc1C(F)(F)F. The van der Waals surface area contributed by atoms with Crippen LogP contribution in [0.4, 0.5) is 13.2 Å². The van der Waals surface area contributed by atoms with E-state index in [1.165, 1.54) is 12.1 Å². The summed E-state index contributed by atoms with van der Waals surface area (Å²) in [4.78, 5) is 0. The summed E-state index contributed by atoms with van der Waals surface area (Å²) < 4.78 is 43.6. The van der Waals surface area contributed by atoms with Gasteiger partial charge in [0.25, 0.3) is 0 Å². The Labute approximate surface area is 114 Å². The third-order valence-electron chi connectivity index (χ3n) is 2.67. The fourth-order valence-corrected chi connectivity index (χ4v) is 1.69. The monoisotopic (exact) mass is 277 g/mol. The number of hydrogen-bond acceptors (Lipinski definition) is 2. The van der Waals surface area contributed by atoms with Crippen LogP contribution in [0, 0.1) is 11.3 Å². The Balaban J connectivity index is 2.20.